The maximum absolute atomic E-state index is 12.7. The minimum Gasteiger partial charge on any atom is -0.307 e. The lowest BCUT2D eigenvalue weighted by molar-refractivity contribution is 0.256. The van der Waals surface area contributed by atoms with Gasteiger partial charge in [-0.3, -0.25) is 4.68 Å². The number of urea groups is 1. The number of hydrogen-bond acceptors (Lipinski definition) is 4. The topological polar surface area (TPSA) is 93.1 Å². The number of anilines is 1. The van der Waals surface area contributed by atoms with E-state index < -0.39 is 40.8 Å². The van der Waals surface area contributed by atoms with Crippen LogP contribution in [0.25, 0.3) is 0 Å². The molecule has 2 aliphatic carbocycles. The third-order valence-electron chi connectivity index (χ3n) is 5.01. The molecule has 144 valence electrons. The quantitative estimate of drug-likeness (QED) is 0.832. The van der Waals surface area contributed by atoms with E-state index in [-0.39, 0.29) is 4.68 Å². The number of fused-ring (bicyclic) bond motifs is 2. The van der Waals surface area contributed by atoms with Gasteiger partial charge in [0.15, 0.2) is 5.03 Å². The monoisotopic (exact) mass is 395 g/mol. The average molecular weight is 396 g/mol. The van der Waals surface area contributed by atoms with E-state index >= 15 is 0 Å². The van der Waals surface area contributed by atoms with Gasteiger partial charge in [-0.2, -0.15) is 13.5 Å². The molecule has 0 unspecified atom stereocenters. The highest BCUT2D eigenvalue weighted by atomic mass is 32.2. The zero-order chi connectivity index (χ0) is 25.1. The molecule has 0 fully saturated rings. The maximum atomic E-state index is 12.7. The summed E-state index contributed by atoms with van der Waals surface area (Å²) in [5, 5.41) is 5.43. The molecule has 2 N–H and O–H groups in total. The second-order valence-corrected chi connectivity index (χ2v) is 8.37. The molecule has 8 heteroatoms. The van der Waals surface area contributed by atoms with Crippen molar-refractivity contribution in [3.63, 3.8) is 0 Å². The van der Waals surface area contributed by atoms with Crippen LogP contribution in [0.5, 0.6) is 0 Å². The molecule has 1 aromatic carbocycles. The SMILES string of the molecule is [2H]C([2H])([2H])C([2H])(n1ccc(S(=O)(=O)NC(=O)Nc2c3c(cc4c2CCC4)CCC3)n1)C([2H])([2H])[2H]. The number of aromatic nitrogens is 2. The summed E-state index contributed by atoms with van der Waals surface area (Å²) in [6.07, 6.45) is 6.05. The number of hydrogen-bond donors (Lipinski definition) is 2. The molecule has 27 heavy (non-hydrogen) atoms. The maximum Gasteiger partial charge on any atom is 0.333 e. The average Bonchev–Trinajstić information content (AvgIpc) is 3.44. The minimum atomic E-state index is -4.58. The van der Waals surface area contributed by atoms with Crippen molar-refractivity contribution in [2.45, 2.75) is 63.3 Å². The van der Waals surface area contributed by atoms with E-state index in [0.717, 1.165) is 73.0 Å². The van der Waals surface area contributed by atoms with Crippen molar-refractivity contribution < 1.29 is 22.8 Å². The Kier molecular flexibility index (Phi) is 2.84. The lowest BCUT2D eigenvalue weighted by Gasteiger charge is -2.16. The highest BCUT2D eigenvalue weighted by Gasteiger charge is 2.27. The predicted octanol–water partition coefficient (Wildman–Crippen LogP) is 2.95. The molecule has 1 heterocycles. The molecule has 0 radical (unpaired) electrons. The van der Waals surface area contributed by atoms with Gasteiger partial charge in [-0.1, -0.05) is 6.07 Å². The first-order valence-electron chi connectivity index (χ1n) is 12.2. The number of rotatable bonds is 4. The van der Waals surface area contributed by atoms with E-state index in [4.69, 9.17) is 9.60 Å². The first kappa shape index (κ1) is 11.5. The van der Waals surface area contributed by atoms with E-state index in [0.29, 0.717) is 5.69 Å². The van der Waals surface area contributed by atoms with Crippen molar-refractivity contribution in [1.82, 2.24) is 14.5 Å². The summed E-state index contributed by atoms with van der Waals surface area (Å²) < 4.78 is 80.7. The molecule has 1 aromatic heterocycles. The fourth-order valence-corrected chi connectivity index (χ4v) is 4.69. The fourth-order valence-electron chi connectivity index (χ4n) is 3.86. The van der Waals surface area contributed by atoms with Crippen molar-refractivity contribution >= 4 is 21.7 Å². The first-order chi connectivity index (χ1) is 15.6. The van der Waals surface area contributed by atoms with Gasteiger partial charge in [0.25, 0.3) is 10.0 Å². The summed E-state index contributed by atoms with van der Waals surface area (Å²) in [5.74, 6) is 0. The Morgan fingerprint density at radius 2 is 1.89 bits per heavy atom. The molecule has 0 atom stereocenters. The summed E-state index contributed by atoms with van der Waals surface area (Å²) in [6.45, 7) is -6.69. The molecule has 0 saturated carbocycles. The van der Waals surface area contributed by atoms with Gasteiger partial charge in [0, 0.05) is 26.1 Å². The summed E-state index contributed by atoms with van der Waals surface area (Å²) in [5.41, 5.74) is 4.95. The Morgan fingerprint density at radius 3 is 2.52 bits per heavy atom. The first-order valence-corrected chi connectivity index (χ1v) is 10.2. The zero-order valence-corrected chi connectivity index (χ0v) is 15.3. The number of benzene rings is 1. The lowest BCUT2D eigenvalue weighted by atomic mass is 9.99. The van der Waals surface area contributed by atoms with Crippen LogP contribution < -0.4 is 10.0 Å². The Bertz CT molecular complexity index is 1210. The summed E-state index contributed by atoms with van der Waals surface area (Å²) in [6, 6.07) is -1.22. The number of nitrogens with one attached hydrogen (secondary N) is 2. The highest BCUT2D eigenvalue weighted by molar-refractivity contribution is 7.90. The van der Waals surface area contributed by atoms with Crippen LogP contribution in [0, 0.1) is 0 Å². The highest BCUT2D eigenvalue weighted by Crippen LogP contribution is 2.38. The van der Waals surface area contributed by atoms with Crippen LogP contribution >= 0.6 is 0 Å². The van der Waals surface area contributed by atoms with E-state index in [1.807, 2.05) is 4.72 Å². The normalized spacial score (nSPS) is 20.8. The molecule has 2 amide bonds. The standard InChI is InChI=1S/C19H24N4O3S/c1-12(2)23-10-9-17(21-23)27(25,26)22-19(24)20-18-15-7-3-5-13(15)11-14-6-4-8-16(14)18/h9-12H,3-8H2,1-2H3,(H2,20,22,24)/i1D3,2D3,12D. The van der Waals surface area contributed by atoms with Crippen molar-refractivity contribution in [1.29, 1.82) is 0 Å². The summed E-state index contributed by atoms with van der Waals surface area (Å²) >= 11 is 0. The van der Waals surface area contributed by atoms with Gasteiger partial charge in [0.1, 0.15) is 0 Å². The second-order valence-electron chi connectivity index (χ2n) is 6.74. The molecular weight excluding hydrogens is 364 g/mol. The molecule has 0 aliphatic heterocycles. The van der Waals surface area contributed by atoms with Crippen LogP contribution in [0.3, 0.4) is 0 Å². The van der Waals surface area contributed by atoms with Gasteiger partial charge >= 0.3 is 6.03 Å². The van der Waals surface area contributed by atoms with Crippen molar-refractivity contribution in [3.8, 4) is 0 Å². The van der Waals surface area contributed by atoms with E-state index in [1.165, 1.54) is 0 Å². The molecule has 2 aromatic rings. The molecule has 7 nitrogen and oxygen atoms in total. The van der Waals surface area contributed by atoms with Crippen molar-refractivity contribution in [3.05, 3.63) is 40.6 Å². The predicted molar refractivity (Wildman–Crippen MR) is 102 cm³/mol. The Morgan fingerprint density at radius 1 is 1.22 bits per heavy atom. The smallest absolute Gasteiger partial charge is 0.307 e. The summed E-state index contributed by atoms with van der Waals surface area (Å²) in [7, 11) is -4.58. The number of carbonyl (C=O) groups is 1. The van der Waals surface area contributed by atoms with Gasteiger partial charge < -0.3 is 5.32 Å². The molecular formula is C19H24N4O3S. The number of nitrogens with zero attached hydrogens (tertiary/aromatic N) is 2. The van der Waals surface area contributed by atoms with Crippen molar-refractivity contribution in [2.24, 2.45) is 0 Å². The van der Waals surface area contributed by atoms with Gasteiger partial charge in [-0.05, 0) is 80.5 Å². The van der Waals surface area contributed by atoms with Crippen LogP contribution in [0.1, 0.15) is 64.4 Å². The van der Waals surface area contributed by atoms with E-state index in [9.17, 15) is 13.2 Å². The second kappa shape index (κ2) is 6.67. The van der Waals surface area contributed by atoms with E-state index in [1.54, 1.807) is 0 Å². The van der Waals surface area contributed by atoms with Gasteiger partial charge in [0.2, 0.25) is 0 Å². The van der Waals surface area contributed by atoms with Crippen LogP contribution in [0.2, 0.25) is 0 Å². The van der Waals surface area contributed by atoms with Gasteiger partial charge in [-0.25, -0.2) is 9.52 Å². The fraction of sp³-hybridized carbons (Fsp3) is 0.474. The van der Waals surface area contributed by atoms with Crippen LogP contribution in [0.4, 0.5) is 10.5 Å². The Balaban J connectivity index is 1.59. The third kappa shape index (κ3) is 3.34. The Labute approximate surface area is 169 Å². The van der Waals surface area contributed by atoms with Crippen LogP contribution in [-0.2, 0) is 35.7 Å². The van der Waals surface area contributed by atoms with Crippen molar-refractivity contribution in [2.75, 3.05) is 5.32 Å². The van der Waals surface area contributed by atoms with Gasteiger partial charge in [0.05, 0.1) is 1.37 Å². The largest absolute Gasteiger partial charge is 0.333 e. The molecule has 0 spiro atoms. The summed E-state index contributed by atoms with van der Waals surface area (Å²) in [4.78, 5) is 12.7. The number of amides is 2. The molecule has 0 saturated heterocycles. The molecule has 0 bridgehead atoms. The van der Waals surface area contributed by atoms with Crippen LogP contribution in [-0.4, -0.2) is 24.2 Å². The number of sulfonamides is 1. The zero-order valence-electron chi connectivity index (χ0n) is 21.5. The minimum absolute atomic E-state index is 0.274. The van der Waals surface area contributed by atoms with Crippen LogP contribution in [0.15, 0.2) is 23.4 Å². The molecule has 2 aliphatic rings. The molecule has 4 rings (SSSR count). The Hall–Kier alpha value is -2.35. The lowest BCUT2D eigenvalue weighted by Crippen LogP contribution is -2.35. The number of carbonyl (C=O) groups excluding carboxylic acids is 1. The van der Waals surface area contributed by atoms with E-state index in [2.05, 4.69) is 16.5 Å². The van der Waals surface area contributed by atoms with Gasteiger partial charge in [-0.15, -0.1) is 0 Å². The third-order valence-corrected chi connectivity index (χ3v) is 6.23. The number of aryl methyl sites for hydroxylation is 2.